The number of nitrogens with zero attached hydrogens (tertiary/aromatic N) is 1. The Kier molecular flexibility index (Phi) is 6.15. The monoisotopic (exact) mass is 435 g/mol. The van der Waals surface area contributed by atoms with Gasteiger partial charge in [0.25, 0.3) is 5.56 Å². The molecule has 2 heterocycles. The number of H-pyrrole nitrogens is 1. The fourth-order valence-electron chi connectivity index (χ4n) is 2.75. The van der Waals surface area contributed by atoms with E-state index < -0.39 is 22.1 Å². The number of carbonyl (C=O) groups excluding carboxylic acids is 1. The Morgan fingerprint density at radius 3 is 2.66 bits per heavy atom. The first-order valence-corrected chi connectivity index (χ1v) is 11.2. The van der Waals surface area contributed by atoms with Crippen LogP contribution in [0.1, 0.15) is 35.7 Å². The van der Waals surface area contributed by atoms with Crippen LogP contribution in [0.3, 0.4) is 0 Å². The lowest BCUT2D eigenvalue weighted by atomic mass is 10.2. The number of hydrogen-bond donors (Lipinski definition) is 2. The van der Waals surface area contributed by atoms with Crippen LogP contribution in [-0.4, -0.2) is 30.9 Å². The molecule has 2 aromatic heterocycles. The maximum absolute atomic E-state index is 12.3. The van der Waals surface area contributed by atoms with Gasteiger partial charge in [0.05, 0.1) is 16.7 Å². The summed E-state index contributed by atoms with van der Waals surface area (Å²) in [6, 6.07) is 7.88. The lowest BCUT2D eigenvalue weighted by Gasteiger charge is -2.13. The topological polar surface area (TPSA) is 118 Å². The Morgan fingerprint density at radius 2 is 1.97 bits per heavy atom. The summed E-state index contributed by atoms with van der Waals surface area (Å²) in [5.74, 6) is -0.350. The van der Waals surface area contributed by atoms with Gasteiger partial charge in [-0.05, 0) is 38.5 Å². The predicted molar refractivity (Wildman–Crippen MR) is 110 cm³/mol. The first kappa shape index (κ1) is 21.2. The van der Waals surface area contributed by atoms with Gasteiger partial charge in [-0.15, -0.1) is 11.3 Å². The fraction of sp³-hybridized carbons (Fsp3) is 0.316. The van der Waals surface area contributed by atoms with Crippen molar-refractivity contribution >= 4 is 37.5 Å². The molecule has 0 radical (unpaired) electrons. The van der Waals surface area contributed by atoms with Crippen molar-refractivity contribution in [3.63, 3.8) is 0 Å². The molecule has 8 nitrogen and oxygen atoms in total. The van der Waals surface area contributed by atoms with E-state index in [-0.39, 0.29) is 29.2 Å². The standard InChI is InChI=1S/C19H21N3O5S2/c1-11-13(3)28-19-16(11)18(24)21-17(22-19)12(2)27-15(23)9-10-20-29(25,26)14-7-5-4-6-8-14/h4-8,12,20H,9-10H2,1-3H3,(H,21,22,24)/t12-/m1/s1. The minimum Gasteiger partial charge on any atom is -0.454 e. The van der Waals surface area contributed by atoms with Crippen LogP contribution in [0.15, 0.2) is 40.0 Å². The first-order valence-electron chi connectivity index (χ1n) is 8.93. The number of esters is 1. The highest BCUT2D eigenvalue weighted by Gasteiger charge is 2.19. The van der Waals surface area contributed by atoms with E-state index in [9.17, 15) is 18.0 Å². The second kappa shape index (κ2) is 8.44. The molecule has 0 aliphatic rings. The van der Waals surface area contributed by atoms with Gasteiger partial charge in [0, 0.05) is 11.4 Å². The van der Waals surface area contributed by atoms with Crippen LogP contribution in [0.25, 0.3) is 10.2 Å². The van der Waals surface area contributed by atoms with Gasteiger partial charge in [-0.25, -0.2) is 18.1 Å². The molecule has 0 saturated heterocycles. The van der Waals surface area contributed by atoms with Crippen molar-refractivity contribution in [3.8, 4) is 0 Å². The highest BCUT2D eigenvalue weighted by atomic mass is 32.2. The van der Waals surface area contributed by atoms with Crippen molar-refractivity contribution < 1.29 is 17.9 Å². The number of benzene rings is 1. The van der Waals surface area contributed by atoms with Crippen LogP contribution in [0.2, 0.25) is 0 Å². The average Bonchev–Trinajstić information content (AvgIpc) is 2.96. The van der Waals surface area contributed by atoms with Gasteiger partial charge in [0.15, 0.2) is 11.9 Å². The van der Waals surface area contributed by atoms with Gasteiger partial charge in [-0.3, -0.25) is 9.59 Å². The molecule has 2 N–H and O–H groups in total. The van der Waals surface area contributed by atoms with Crippen molar-refractivity contribution in [1.82, 2.24) is 14.7 Å². The Hall–Kier alpha value is -2.56. The van der Waals surface area contributed by atoms with Crippen molar-refractivity contribution in [3.05, 3.63) is 57.0 Å². The molecule has 0 amide bonds. The minimum atomic E-state index is -3.68. The number of aromatic amines is 1. The second-order valence-electron chi connectivity index (χ2n) is 6.51. The van der Waals surface area contributed by atoms with E-state index in [1.807, 2.05) is 13.8 Å². The highest BCUT2D eigenvalue weighted by molar-refractivity contribution is 7.89. The Labute approximate surface area is 172 Å². The van der Waals surface area contributed by atoms with Crippen LogP contribution in [0.4, 0.5) is 0 Å². The van der Waals surface area contributed by atoms with E-state index in [0.717, 1.165) is 10.4 Å². The molecule has 1 aromatic carbocycles. The van der Waals surface area contributed by atoms with Crippen molar-refractivity contribution in [1.29, 1.82) is 0 Å². The van der Waals surface area contributed by atoms with E-state index in [0.29, 0.717) is 10.2 Å². The summed E-state index contributed by atoms with van der Waals surface area (Å²) in [4.78, 5) is 33.2. The summed E-state index contributed by atoms with van der Waals surface area (Å²) < 4.78 is 31.9. The number of fused-ring (bicyclic) bond motifs is 1. The van der Waals surface area contributed by atoms with Crippen molar-refractivity contribution in [2.24, 2.45) is 0 Å². The number of sulfonamides is 1. The van der Waals surface area contributed by atoms with Crippen molar-refractivity contribution in [2.45, 2.75) is 38.2 Å². The number of hydrogen-bond acceptors (Lipinski definition) is 7. The van der Waals surface area contributed by atoms with E-state index in [1.165, 1.54) is 23.5 Å². The predicted octanol–water partition coefficient (Wildman–Crippen LogP) is 2.57. The van der Waals surface area contributed by atoms with Crippen LogP contribution in [-0.2, 0) is 19.6 Å². The lowest BCUT2D eigenvalue weighted by Crippen LogP contribution is -2.27. The zero-order chi connectivity index (χ0) is 21.2. The normalized spacial score (nSPS) is 12.8. The molecule has 0 aliphatic heterocycles. The number of rotatable bonds is 7. The molecule has 0 bridgehead atoms. The van der Waals surface area contributed by atoms with Crippen LogP contribution in [0, 0.1) is 13.8 Å². The van der Waals surface area contributed by atoms with E-state index in [1.54, 1.807) is 25.1 Å². The molecule has 0 spiro atoms. The van der Waals surface area contributed by atoms with E-state index >= 15 is 0 Å². The first-order chi connectivity index (χ1) is 13.7. The summed E-state index contributed by atoms with van der Waals surface area (Å²) in [5, 5.41) is 0.546. The number of nitrogens with one attached hydrogen (secondary N) is 2. The van der Waals surface area contributed by atoms with Gasteiger partial charge < -0.3 is 9.72 Å². The van der Waals surface area contributed by atoms with Gasteiger partial charge >= 0.3 is 5.97 Å². The molecule has 3 rings (SSSR count). The molecule has 0 unspecified atom stereocenters. The third-order valence-corrected chi connectivity index (χ3v) is 7.00. The number of ether oxygens (including phenoxy) is 1. The number of aryl methyl sites for hydroxylation is 2. The maximum atomic E-state index is 12.3. The zero-order valence-electron chi connectivity index (χ0n) is 16.2. The smallest absolute Gasteiger partial charge is 0.307 e. The molecular formula is C19H21N3O5S2. The number of thiophene rings is 1. The lowest BCUT2D eigenvalue weighted by molar-refractivity contribution is -0.148. The minimum absolute atomic E-state index is 0.102. The molecule has 154 valence electrons. The Morgan fingerprint density at radius 1 is 1.28 bits per heavy atom. The van der Waals surface area contributed by atoms with Crippen LogP contribution < -0.4 is 10.3 Å². The average molecular weight is 436 g/mol. The fourth-order valence-corrected chi connectivity index (χ4v) is 4.84. The molecule has 3 aromatic rings. The summed E-state index contributed by atoms with van der Waals surface area (Å²) in [6.07, 6.45) is -0.923. The molecule has 1 atom stereocenters. The molecule has 10 heteroatoms. The maximum Gasteiger partial charge on any atom is 0.307 e. The third-order valence-electron chi connectivity index (χ3n) is 4.43. The molecule has 0 aliphatic carbocycles. The molecular weight excluding hydrogens is 414 g/mol. The summed E-state index contributed by atoms with van der Waals surface area (Å²) in [7, 11) is -3.68. The van der Waals surface area contributed by atoms with Gasteiger partial charge in [0.1, 0.15) is 4.83 Å². The molecule has 0 fully saturated rings. The summed E-state index contributed by atoms with van der Waals surface area (Å²) >= 11 is 1.41. The van der Waals surface area contributed by atoms with Crippen LogP contribution in [0.5, 0.6) is 0 Å². The van der Waals surface area contributed by atoms with Gasteiger partial charge in [0.2, 0.25) is 10.0 Å². The van der Waals surface area contributed by atoms with Gasteiger partial charge in [-0.2, -0.15) is 0 Å². The highest BCUT2D eigenvalue weighted by Crippen LogP contribution is 2.26. The van der Waals surface area contributed by atoms with E-state index in [4.69, 9.17) is 4.74 Å². The second-order valence-corrected chi connectivity index (χ2v) is 9.48. The number of aromatic nitrogens is 2. The van der Waals surface area contributed by atoms with Gasteiger partial charge in [-0.1, -0.05) is 18.2 Å². The summed E-state index contributed by atoms with van der Waals surface area (Å²) in [6.45, 7) is 5.28. The Bertz CT molecular complexity index is 1200. The van der Waals surface area contributed by atoms with E-state index in [2.05, 4.69) is 14.7 Å². The van der Waals surface area contributed by atoms with Crippen molar-refractivity contribution in [2.75, 3.05) is 6.54 Å². The number of carbonyl (C=O) groups is 1. The quantitative estimate of drug-likeness (QED) is 0.551. The SMILES string of the molecule is Cc1sc2nc([C@@H](C)OC(=O)CCNS(=O)(=O)c3ccccc3)[nH]c(=O)c2c1C. The molecule has 0 saturated carbocycles. The Balaban J connectivity index is 1.61. The summed E-state index contributed by atoms with van der Waals surface area (Å²) in [5.41, 5.74) is 0.617. The van der Waals surface area contributed by atoms with Crippen LogP contribution >= 0.6 is 11.3 Å². The largest absolute Gasteiger partial charge is 0.454 e. The zero-order valence-corrected chi connectivity index (χ0v) is 17.8. The third kappa shape index (κ3) is 4.72. The molecule has 29 heavy (non-hydrogen) atoms.